The number of amides is 1. The molecule has 4 nitrogen and oxygen atoms in total. The van der Waals surface area contributed by atoms with Crippen LogP contribution in [0.2, 0.25) is 5.02 Å². The third kappa shape index (κ3) is 2.97. The average molecular weight is 256 g/mol. The van der Waals surface area contributed by atoms with Crippen molar-refractivity contribution < 1.29 is 14.7 Å². The summed E-state index contributed by atoms with van der Waals surface area (Å²) in [6, 6.07) is 4.98. The van der Waals surface area contributed by atoms with Gasteiger partial charge in [0.1, 0.15) is 5.41 Å². The number of halogens is 1. The molecule has 92 valence electrons. The van der Waals surface area contributed by atoms with E-state index in [9.17, 15) is 9.59 Å². The summed E-state index contributed by atoms with van der Waals surface area (Å²) in [4.78, 5) is 22.7. The molecule has 0 aliphatic carbocycles. The van der Waals surface area contributed by atoms with Gasteiger partial charge in [0, 0.05) is 10.7 Å². The maximum Gasteiger partial charge on any atom is 0.318 e. The first-order valence-electron chi connectivity index (χ1n) is 5.06. The number of hydrogen-bond donors (Lipinski definition) is 2. The Morgan fingerprint density at radius 1 is 1.35 bits per heavy atom. The minimum Gasteiger partial charge on any atom is -0.480 e. The van der Waals surface area contributed by atoms with Crippen molar-refractivity contribution in [1.82, 2.24) is 0 Å². The molecule has 17 heavy (non-hydrogen) atoms. The number of carboxylic acids is 1. The molecule has 0 atom stereocenters. The first-order chi connectivity index (χ1) is 7.75. The van der Waals surface area contributed by atoms with Crippen LogP contribution in [0.4, 0.5) is 5.69 Å². The van der Waals surface area contributed by atoms with Crippen molar-refractivity contribution in [2.75, 3.05) is 5.32 Å². The molecule has 0 radical (unpaired) electrons. The van der Waals surface area contributed by atoms with Crippen LogP contribution in [0.5, 0.6) is 0 Å². The van der Waals surface area contributed by atoms with E-state index in [2.05, 4.69) is 5.32 Å². The number of rotatable bonds is 3. The van der Waals surface area contributed by atoms with Crippen molar-refractivity contribution in [2.45, 2.75) is 20.8 Å². The molecule has 0 aromatic heterocycles. The molecule has 1 aromatic rings. The molecule has 0 saturated heterocycles. The second-order valence-electron chi connectivity index (χ2n) is 4.34. The zero-order valence-corrected chi connectivity index (χ0v) is 10.6. The Morgan fingerprint density at radius 3 is 2.41 bits per heavy atom. The molecular weight excluding hydrogens is 242 g/mol. The van der Waals surface area contributed by atoms with E-state index in [-0.39, 0.29) is 0 Å². The predicted molar refractivity (Wildman–Crippen MR) is 66.2 cm³/mol. The summed E-state index contributed by atoms with van der Waals surface area (Å²) in [5.41, 5.74) is -0.118. The summed E-state index contributed by atoms with van der Waals surface area (Å²) in [6.45, 7) is 4.50. The third-order valence-electron chi connectivity index (χ3n) is 2.54. The molecule has 1 amide bonds. The lowest BCUT2D eigenvalue weighted by Gasteiger charge is -2.19. The van der Waals surface area contributed by atoms with E-state index in [1.54, 1.807) is 25.1 Å². The van der Waals surface area contributed by atoms with Gasteiger partial charge in [0.15, 0.2) is 0 Å². The van der Waals surface area contributed by atoms with Crippen LogP contribution in [0.1, 0.15) is 19.4 Å². The van der Waals surface area contributed by atoms with Crippen LogP contribution in [0, 0.1) is 12.3 Å². The standard InChI is InChI=1S/C12H14ClNO3/c1-7-6-8(13)4-5-9(7)14-10(15)12(2,3)11(16)17/h4-6H,1-3H3,(H,14,15)(H,16,17). The van der Waals surface area contributed by atoms with Gasteiger partial charge in [-0.05, 0) is 44.5 Å². The van der Waals surface area contributed by atoms with Crippen LogP contribution >= 0.6 is 11.6 Å². The molecule has 0 spiro atoms. The van der Waals surface area contributed by atoms with E-state index in [4.69, 9.17) is 16.7 Å². The summed E-state index contributed by atoms with van der Waals surface area (Å²) < 4.78 is 0. The van der Waals surface area contributed by atoms with E-state index >= 15 is 0 Å². The van der Waals surface area contributed by atoms with Gasteiger partial charge >= 0.3 is 5.97 Å². The summed E-state index contributed by atoms with van der Waals surface area (Å²) >= 11 is 5.79. The summed E-state index contributed by atoms with van der Waals surface area (Å²) in [7, 11) is 0. The summed E-state index contributed by atoms with van der Waals surface area (Å²) in [6.07, 6.45) is 0. The highest BCUT2D eigenvalue weighted by Gasteiger charge is 2.36. The van der Waals surface area contributed by atoms with E-state index in [0.717, 1.165) is 5.56 Å². The number of carboxylic acid groups (broad SMARTS) is 1. The van der Waals surface area contributed by atoms with Crippen LogP contribution in [-0.4, -0.2) is 17.0 Å². The second kappa shape index (κ2) is 4.75. The minimum atomic E-state index is -1.47. The van der Waals surface area contributed by atoms with Gasteiger partial charge in [0.25, 0.3) is 0 Å². The number of anilines is 1. The van der Waals surface area contributed by atoms with Crippen molar-refractivity contribution in [3.63, 3.8) is 0 Å². The zero-order chi connectivity index (χ0) is 13.2. The SMILES string of the molecule is Cc1cc(Cl)ccc1NC(=O)C(C)(C)C(=O)O. The molecule has 1 rings (SSSR count). The number of carbonyl (C=O) groups excluding carboxylic acids is 1. The van der Waals surface area contributed by atoms with Crippen LogP contribution in [0.3, 0.4) is 0 Å². The van der Waals surface area contributed by atoms with Crippen LogP contribution < -0.4 is 5.32 Å². The first-order valence-corrected chi connectivity index (χ1v) is 5.44. The molecule has 0 saturated carbocycles. The Labute approximate surface area is 105 Å². The molecule has 0 bridgehead atoms. The van der Waals surface area contributed by atoms with Crippen molar-refractivity contribution in [1.29, 1.82) is 0 Å². The van der Waals surface area contributed by atoms with Crippen LogP contribution in [0.15, 0.2) is 18.2 Å². The largest absolute Gasteiger partial charge is 0.480 e. The molecule has 2 N–H and O–H groups in total. The number of hydrogen-bond acceptors (Lipinski definition) is 2. The van der Waals surface area contributed by atoms with Gasteiger partial charge in [-0.2, -0.15) is 0 Å². The van der Waals surface area contributed by atoms with Crippen molar-refractivity contribution in [3.05, 3.63) is 28.8 Å². The fraction of sp³-hybridized carbons (Fsp3) is 0.333. The fourth-order valence-corrected chi connectivity index (χ4v) is 1.37. The highest BCUT2D eigenvalue weighted by atomic mass is 35.5. The smallest absolute Gasteiger partial charge is 0.318 e. The van der Waals surface area contributed by atoms with Gasteiger partial charge in [-0.25, -0.2) is 0 Å². The van der Waals surface area contributed by atoms with Gasteiger partial charge < -0.3 is 10.4 Å². The minimum absolute atomic E-state index is 0.560. The van der Waals surface area contributed by atoms with Gasteiger partial charge in [0.2, 0.25) is 5.91 Å². The monoisotopic (exact) mass is 255 g/mol. The van der Waals surface area contributed by atoms with Crippen LogP contribution in [0.25, 0.3) is 0 Å². The van der Waals surface area contributed by atoms with E-state index in [1.165, 1.54) is 13.8 Å². The van der Waals surface area contributed by atoms with Crippen molar-refractivity contribution in [3.8, 4) is 0 Å². The molecule has 1 aromatic carbocycles. The lowest BCUT2D eigenvalue weighted by molar-refractivity contribution is -0.151. The molecule has 5 heteroatoms. The number of aryl methyl sites for hydroxylation is 1. The maximum absolute atomic E-state index is 11.8. The molecule has 0 heterocycles. The number of carbonyl (C=O) groups is 2. The van der Waals surface area contributed by atoms with E-state index in [1.807, 2.05) is 0 Å². The maximum atomic E-state index is 11.8. The van der Waals surface area contributed by atoms with Gasteiger partial charge in [-0.15, -0.1) is 0 Å². The van der Waals surface area contributed by atoms with Crippen molar-refractivity contribution >= 4 is 29.2 Å². The summed E-state index contributed by atoms with van der Waals surface area (Å²) in [5.74, 6) is -1.72. The topological polar surface area (TPSA) is 66.4 Å². The molecule has 0 unspecified atom stereocenters. The van der Waals surface area contributed by atoms with Gasteiger partial charge in [0.05, 0.1) is 0 Å². The lowest BCUT2D eigenvalue weighted by Crippen LogP contribution is -2.37. The highest BCUT2D eigenvalue weighted by molar-refractivity contribution is 6.30. The fourth-order valence-electron chi connectivity index (χ4n) is 1.14. The van der Waals surface area contributed by atoms with E-state index in [0.29, 0.717) is 10.7 Å². The average Bonchev–Trinajstić information content (AvgIpc) is 2.21. The van der Waals surface area contributed by atoms with Gasteiger partial charge in [-0.1, -0.05) is 11.6 Å². The molecule has 0 aliphatic heterocycles. The van der Waals surface area contributed by atoms with Crippen molar-refractivity contribution in [2.24, 2.45) is 5.41 Å². The number of nitrogens with one attached hydrogen (secondary N) is 1. The van der Waals surface area contributed by atoms with Gasteiger partial charge in [-0.3, -0.25) is 9.59 Å². The zero-order valence-electron chi connectivity index (χ0n) is 9.87. The normalized spacial score (nSPS) is 11.1. The molecular formula is C12H14ClNO3. The quantitative estimate of drug-likeness (QED) is 0.816. The second-order valence-corrected chi connectivity index (χ2v) is 4.78. The number of aliphatic carboxylic acids is 1. The van der Waals surface area contributed by atoms with Crippen LogP contribution in [-0.2, 0) is 9.59 Å². The highest BCUT2D eigenvalue weighted by Crippen LogP contribution is 2.23. The Hall–Kier alpha value is -1.55. The predicted octanol–water partition coefficient (Wildman–Crippen LogP) is 2.70. The first kappa shape index (κ1) is 13.5. The molecule has 0 fully saturated rings. The number of benzene rings is 1. The summed E-state index contributed by atoms with van der Waals surface area (Å²) in [5, 5.41) is 12.1. The Bertz CT molecular complexity index is 469. The molecule has 0 aliphatic rings. The Kier molecular flexibility index (Phi) is 3.78. The van der Waals surface area contributed by atoms with E-state index < -0.39 is 17.3 Å². The third-order valence-corrected chi connectivity index (χ3v) is 2.77. The lowest BCUT2D eigenvalue weighted by atomic mass is 9.92. The Balaban J connectivity index is 2.92. The Morgan fingerprint density at radius 2 is 1.94 bits per heavy atom.